The summed E-state index contributed by atoms with van der Waals surface area (Å²) in [5.74, 6) is -1.16. The van der Waals surface area contributed by atoms with Crippen molar-refractivity contribution in [2.24, 2.45) is 5.10 Å². The van der Waals surface area contributed by atoms with Crippen molar-refractivity contribution in [3.8, 4) is 5.69 Å². The van der Waals surface area contributed by atoms with Gasteiger partial charge in [0.1, 0.15) is 5.82 Å². The van der Waals surface area contributed by atoms with Gasteiger partial charge in [0, 0.05) is 22.6 Å². The van der Waals surface area contributed by atoms with Gasteiger partial charge in [0.25, 0.3) is 11.8 Å². The van der Waals surface area contributed by atoms with E-state index in [0.717, 1.165) is 27.6 Å². The Morgan fingerprint density at radius 1 is 0.926 bits per heavy atom. The standard InChI is InChI=1S/C21H16FN3O2/c1-13-11-15(14(2)24(13)17-9-7-16(22)8-10-17)12-23-25-20(26)18-5-3-4-6-19(18)21(25)27/h3-12H,1-2H3/b23-12+. The molecule has 0 radical (unpaired) electrons. The molecule has 0 aliphatic carbocycles. The van der Waals surface area contributed by atoms with Crippen molar-refractivity contribution in [1.29, 1.82) is 0 Å². The van der Waals surface area contributed by atoms with E-state index in [4.69, 9.17) is 0 Å². The van der Waals surface area contributed by atoms with E-state index in [1.807, 2.05) is 24.5 Å². The van der Waals surface area contributed by atoms with Crippen LogP contribution in [0.4, 0.5) is 4.39 Å². The molecular formula is C21H16FN3O2. The third-order valence-electron chi connectivity index (χ3n) is 4.64. The maximum atomic E-state index is 13.2. The highest BCUT2D eigenvalue weighted by Crippen LogP contribution is 2.24. The van der Waals surface area contributed by atoms with Gasteiger partial charge in [0.15, 0.2) is 0 Å². The van der Waals surface area contributed by atoms with Crippen LogP contribution in [0.15, 0.2) is 59.7 Å². The second kappa shape index (κ2) is 6.32. The summed E-state index contributed by atoms with van der Waals surface area (Å²) in [6.07, 6.45) is 1.50. The molecule has 0 fully saturated rings. The minimum atomic E-state index is -0.431. The minimum absolute atomic E-state index is 0.298. The fraction of sp³-hybridized carbons (Fsp3) is 0.0952. The SMILES string of the molecule is Cc1cc(/C=N/N2C(=O)c3ccccc3C2=O)c(C)n1-c1ccc(F)cc1. The predicted molar refractivity (Wildman–Crippen MR) is 99.7 cm³/mol. The van der Waals surface area contributed by atoms with Crippen molar-refractivity contribution in [1.82, 2.24) is 9.58 Å². The quantitative estimate of drug-likeness (QED) is 0.525. The Labute approximate surface area is 155 Å². The number of hydrogen-bond donors (Lipinski definition) is 0. The molecule has 134 valence electrons. The van der Waals surface area contributed by atoms with Crippen molar-refractivity contribution in [2.75, 3.05) is 0 Å². The van der Waals surface area contributed by atoms with E-state index in [9.17, 15) is 14.0 Å². The highest BCUT2D eigenvalue weighted by Gasteiger charge is 2.35. The molecule has 0 bridgehead atoms. The van der Waals surface area contributed by atoms with Gasteiger partial charge >= 0.3 is 0 Å². The van der Waals surface area contributed by atoms with Crippen molar-refractivity contribution in [2.45, 2.75) is 13.8 Å². The molecule has 0 saturated carbocycles. The number of amides is 2. The molecule has 1 aliphatic heterocycles. The lowest BCUT2D eigenvalue weighted by Crippen LogP contribution is -2.24. The van der Waals surface area contributed by atoms with E-state index in [1.165, 1.54) is 18.3 Å². The lowest BCUT2D eigenvalue weighted by atomic mass is 10.1. The average molecular weight is 361 g/mol. The molecule has 0 spiro atoms. The van der Waals surface area contributed by atoms with Gasteiger partial charge in [-0.05, 0) is 56.3 Å². The zero-order valence-corrected chi connectivity index (χ0v) is 14.8. The van der Waals surface area contributed by atoms with E-state index in [2.05, 4.69) is 5.10 Å². The molecule has 0 unspecified atom stereocenters. The fourth-order valence-electron chi connectivity index (χ4n) is 3.31. The Bertz CT molecular complexity index is 1060. The van der Waals surface area contributed by atoms with Gasteiger partial charge in [-0.2, -0.15) is 10.1 Å². The van der Waals surface area contributed by atoms with Gasteiger partial charge in [-0.3, -0.25) is 9.59 Å². The molecule has 2 amide bonds. The fourth-order valence-corrected chi connectivity index (χ4v) is 3.31. The Morgan fingerprint density at radius 2 is 1.52 bits per heavy atom. The van der Waals surface area contributed by atoms with Crippen LogP contribution in [0.3, 0.4) is 0 Å². The summed E-state index contributed by atoms with van der Waals surface area (Å²) in [5.41, 5.74) is 4.12. The number of halogens is 1. The van der Waals surface area contributed by atoms with Crippen LogP contribution in [0.25, 0.3) is 5.69 Å². The summed E-state index contributed by atoms with van der Waals surface area (Å²) in [6.45, 7) is 3.83. The van der Waals surface area contributed by atoms with Crippen LogP contribution in [0.5, 0.6) is 0 Å². The summed E-state index contributed by atoms with van der Waals surface area (Å²) >= 11 is 0. The van der Waals surface area contributed by atoms with E-state index < -0.39 is 11.8 Å². The topological polar surface area (TPSA) is 54.7 Å². The molecule has 2 aromatic carbocycles. The molecule has 0 atom stereocenters. The first-order valence-corrected chi connectivity index (χ1v) is 8.44. The van der Waals surface area contributed by atoms with Gasteiger partial charge in [-0.15, -0.1) is 0 Å². The molecule has 2 heterocycles. The number of imide groups is 1. The average Bonchev–Trinajstić information content (AvgIpc) is 3.08. The van der Waals surface area contributed by atoms with Crippen LogP contribution in [0, 0.1) is 19.7 Å². The predicted octanol–water partition coefficient (Wildman–Crippen LogP) is 3.86. The normalized spacial score (nSPS) is 13.7. The number of nitrogens with zero attached hydrogens (tertiary/aromatic N) is 3. The molecule has 3 aromatic rings. The van der Waals surface area contributed by atoms with Gasteiger partial charge in [-0.1, -0.05) is 12.1 Å². The summed E-state index contributed by atoms with van der Waals surface area (Å²) in [4.78, 5) is 24.8. The van der Waals surface area contributed by atoms with E-state index in [1.54, 1.807) is 36.4 Å². The Kier molecular flexibility index (Phi) is 3.96. The maximum Gasteiger partial charge on any atom is 0.282 e. The van der Waals surface area contributed by atoms with Crippen molar-refractivity contribution >= 4 is 18.0 Å². The largest absolute Gasteiger partial charge is 0.318 e. The van der Waals surface area contributed by atoms with E-state index in [0.29, 0.717) is 11.1 Å². The number of fused-ring (bicyclic) bond motifs is 1. The third kappa shape index (κ3) is 2.75. The first kappa shape index (κ1) is 16.9. The smallest absolute Gasteiger partial charge is 0.282 e. The molecule has 0 saturated heterocycles. The molecule has 1 aliphatic rings. The van der Waals surface area contributed by atoms with E-state index >= 15 is 0 Å². The Balaban J connectivity index is 1.66. The summed E-state index contributed by atoms with van der Waals surface area (Å²) in [6, 6.07) is 14.8. The first-order chi connectivity index (χ1) is 13.0. The van der Waals surface area contributed by atoms with Crippen molar-refractivity contribution in [3.05, 3.63) is 88.5 Å². The number of aryl methyl sites for hydroxylation is 1. The second-order valence-electron chi connectivity index (χ2n) is 6.35. The molecular weight excluding hydrogens is 345 g/mol. The number of carbonyl (C=O) groups is 2. The number of benzene rings is 2. The molecule has 0 N–H and O–H groups in total. The highest BCUT2D eigenvalue weighted by atomic mass is 19.1. The van der Waals surface area contributed by atoms with Gasteiger partial charge < -0.3 is 4.57 Å². The van der Waals surface area contributed by atoms with Crippen molar-refractivity contribution in [3.63, 3.8) is 0 Å². The van der Waals surface area contributed by atoms with Crippen molar-refractivity contribution < 1.29 is 14.0 Å². The third-order valence-corrected chi connectivity index (χ3v) is 4.64. The van der Waals surface area contributed by atoms with Gasteiger partial charge in [0.2, 0.25) is 0 Å². The van der Waals surface area contributed by atoms with Gasteiger partial charge in [0.05, 0.1) is 17.3 Å². The maximum absolute atomic E-state index is 13.2. The number of hydrogen-bond acceptors (Lipinski definition) is 3. The molecule has 6 heteroatoms. The zero-order chi connectivity index (χ0) is 19.1. The van der Waals surface area contributed by atoms with Gasteiger partial charge in [-0.25, -0.2) is 4.39 Å². The minimum Gasteiger partial charge on any atom is -0.318 e. The molecule has 4 rings (SSSR count). The number of hydrazone groups is 1. The summed E-state index contributed by atoms with van der Waals surface area (Å²) in [5, 5.41) is 5.01. The monoisotopic (exact) mass is 361 g/mol. The van der Waals surface area contributed by atoms with Crippen LogP contribution in [-0.2, 0) is 0 Å². The lowest BCUT2D eigenvalue weighted by molar-refractivity contribution is 0.0660. The molecule has 5 nitrogen and oxygen atoms in total. The van der Waals surface area contributed by atoms with Crippen LogP contribution in [0.2, 0.25) is 0 Å². The first-order valence-electron chi connectivity index (χ1n) is 8.44. The number of carbonyl (C=O) groups excluding carboxylic acids is 2. The summed E-state index contributed by atoms with van der Waals surface area (Å²) in [7, 11) is 0. The lowest BCUT2D eigenvalue weighted by Gasteiger charge is -2.09. The highest BCUT2D eigenvalue weighted by molar-refractivity contribution is 6.21. The second-order valence-corrected chi connectivity index (χ2v) is 6.35. The molecule has 1 aromatic heterocycles. The Morgan fingerprint density at radius 3 is 2.11 bits per heavy atom. The summed E-state index contributed by atoms with van der Waals surface area (Å²) < 4.78 is 15.1. The van der Waals surface area contributed by atoms with Crippen LogP contribution >= 0.6 is 0 Å². The number of aromatic nitrogens is 1. The van der Waals surface area contributed by atoms with Crippen LogP contribution < -0.4 is 0 Å². The number of rotatable bonds is 3. The Hall–Kier alpha value is -3.54. The van der Waals surface area contributed by atoms with E-state index in [-0.39, 0.29) is 5.82 Å². The zero-order valence-electron chi connectivity index (χ0n) is 14.8. The van der Waals surface area contributed by atoms with Crippen LogP contribution in [-0.4, -0.2) is 27.6 Å². The molecule has 27 heavy (non-hydrogen) atoms. The van der Waals surface area contributed by atoms with Crippen LogP contribution in [0.1, 0.15) is 37.7 Å².